The molecule has 190 valence electrons. The van der Waals surface area contributed by atoms with Crippen molar-refractivity contribution in [2.24, 2.45) is 5.92 Å². The van der Waals surface area contributed by atoms with E-state index < -0.39 is 12.7 Å². The van der Waals surface area contributed by atoms with Crippen molar-refractivity contribution in [3.05, 3.63) is 0 Å². The van der Waals surface area contributed by atoms with Gasteiger partial charge in [-0.1, -0.05) is 0 Å². The first-order valence-electron chi connectivity index (χ1n) is 11.9. The van der Waals surface area contributed by atoms with Gasteiger partial charge in [-0.25, -0.2) is 0 Å². The van der Waals surface area contributed by atoms with Gasteiger partial charge in [0, 0.05) is 31.1 Å². The minimum atomic E-state index is -2.75. The van der Waals surface area contributed by atoms with Gasteiger partial charge in [0.05, 0.1) is 23.0 Å². The SMILES string of the molecule is O=C(COC1CCC(Cl)C(Cl)C1)NC1CCC(C(=O)NCC2CCC(OC(F)F)CN2)CC1. The highest BCUT2D eigenvalue weighted by Crippen LogP contribution is 2.29. The Hall–Kier alpha value is -0.740. The van der Waals surface area contributed by atoms with E-state index in [4.69, 9.17) is 27.9 Å². The molecule has 1 heterocycles. The Morgan fingerprint density at radius 1 is 0.970 bits per heavy atom. The molecule has 3 aliphatic rings. The fraction of sp³-hybridized carbons (Fsp3) is 0.909. The third kappa shape index (κ3) is 9.09. The van der Waals surface area contributed by atoms with E-state index in [0.29, 0.717) is 45.2 Å². The molecule has 3 rings (SSSR count). The van der Waals surface area contributed by atoms with Crippen LogP contribution in [-0.2, 0) is 19.1 Å². The Morgan fingerprint density at radius 3 is 2.33 bits per heavy atom. The normalized spacial score (nSPS) is 35.2. The van der Waals surface area contributed by atoms with Crippen molar-refractivity contribution in [3.8, 4) is 0 Å². The Bertz CT molecular complexity index is 633. The van der Waals surface area contributed by atoms with Crippen LogP contribution in [0.4, 0.5) is 8.78 Å². The average Bonchev–Trinajstić information content (AvgIpc) is 2.79. The largest absolute Gasteiger partial charge is 0.368 e. The maximum Gasteiger partial charge on any atom is 0.345 e. The summed E-state index contributed by atoms with van der Waals surface area (Å²) in [6, 6.07) is 0.118. The molecule has 5 unspecified atom stereocenters. The maximum absolute atomic E-state index is 12.5. The van der Waals surface area contributed by atoms with E-state index in [1.165, 1.54) is 0 Å². The Balaban J connectivity index is 1.26. The van der Waals surface area contributed by atoms with Crippen LogP contribution in [0.5, 0.6) is 0 Å². The summed E-state index contributed by atoms with van der Waals surface area (Å²) in [5, 5.41) is 8.98. The van der Waals surface area contributed by atoms with Crippen molar-refractivity contribution in [2.45, 2.75) is 99.4 Å². The zero-order valence-electron chi connectivity index (χ0n) is 18.7. The summed E-state index contributed by atoms with van der Waals surface area (Å²) in [6.07, 6.45) is 5.90. The van der Waals surface area contributed by atoms with Crippen LogP contribution in [-0.4, -0.2) is 73.2 Å². The molecule has 2 aliphatic carbocycles. The molecular formula is C22H35Cl2F2N3O4. The molecule has 0 radical (unpaired) electrons. The predicted octanol–water partition coefficient (Wildman–Crippen LogP) is 2.92. The fourth-order valence-corrected chi connectivity index (χ4v) is 5.40. The van der Waals surface area contributed by atoms with Crippen LogP contribution in [0.2, 0.25) is 0 Å². The van der Waals surface area contributed by atoms with Crippen LogP contribution >= 0.6 is 23.2 Å². The molecule has 2 amide bonds. The topological polar surface area (TPSA) is 88.7 Å². The van der Waals surface area contributed by atoms with Gasteiger partial charge in [0.2, 0.25) is 11.8 Å². The van der Waals surface area contributed by atoms with E-state index in [1.54, 1.807) is 0 Å². The third-order valence-electron chi connectivity index (χ3n) is 6.85. The van der Waals surface area contributed by atoms with Crippen LogP contribution in [0.1, 0.15) is 57.8 Å². The molecule has 5 atom stereocenters. The Morgan fingerprint density at radius 2 is 1.70 bits per heavy atom. The number of rotatable bonds is 9. The van der Waals surface area contributed by atoms with Crippen molar-refractivity contribution in [1.82, 2.24) is 16.0 Å². The molecule has 0 aromatic rings. The van der Waals surface area contributed by atoms with Gasteiger partial charge in [-0.15, -0.1) is 23.2 Å². The van der Waals surface area contributed by atoms with Crippen LogP contribution in [0.15, 0.2) is 0 Å². The van der Waals surface area contributed by atoms with Gasteiger partial charge in [-0.2, -0.15) is 8.78 Å². The van der Waals surface area contributed by atoms with Crippen LogP contribution in [0.25, 0.3) is 0 Å². The van der Waals surface area contributed by atoms with Crippen LogP contribution in [0.3, 0.4) is 0 Å². The standard InChI is InChI=1S/C22H35Cl2F2N3O4/c23-18-8-7-16(9-19(18)24)32-12-20(30)29-14-3-1-13(2-4-14)21(31)28-10-15-5-6-17(11-27-15)33-22(25)26/h13-19,22,27H,1-12H2,(H,28,31)(H,29,30). The van der Waals surface area contributed by atoms with Crippen LogP contribution in [0, 0.1) is 5.92 Å². The summed E-state index contributed by atoms with van der Waals surface area (Å²) in [4.78, 5) is 24.8. The Kier molecular flexibility index (Phi) is 10.9. The lowest BCUT2D eigenvalue weighted by Gasteiger charge is -2.31. The molecule has 33 heavy (non-hydrogen) atoms. The van der Waals surface area contributed by atoms with E-state index in [-0.39, 0.29) is 53.3 Å². The summed E-state index contributed by atoms with van der Waals surface area (Å²) in [6.45, 7) is -1.91. The second-order valence-corrected chi connectivity index (χ2v) is 10.5. The molecule has 0 aromatic heterocycles. The molecule has 7 nitrogen and oxygen atoms in total. The molecule has 0 aromatic carbocycles. The molecular weight excluding hydrogens is 479 g/mol. The molecule has 0 bridgehead atoms. The quantitative estimate of drug-likeness (QED) is 0.412. The van der Waals surface area contributed by atoms with Gasteiger partial charge in [0.15, 0.2) is 0 Å². The van der Waals surface area contributed by atoms with Gasteiger partial charge in [0.1, 0.15) is 6.61 Å². The molecule has 11 heteroatoms. The number of amides is 2. The van der Waals surface area contributed by atoms with Gasteiger partial charge in [-0.05, 0) is 57.8 Å². The number of halogens is 4. The van der Waals surface area contributed by atoms with E-state index in [0.717, 1.165) is 25.7 Å². The average molecular weight is 514 g/mol. The number of hydrogen-bond donors (Lipinski definition) is 3. The van der Waals surface area contributed by atoms with Crippen LogP contribution < -0.4 is 16.0 Å². The lowest BCUT2D eigenvalue weighted by Crippen LogP contribution is -2.49. The monoisotopic (exact) mass is 513 g/mol. The van der Waals surface area contributed by atoms with E-state index in [1.807, 2.05) is 0 Å². The maximum atomic E-state index is 12.5. The minimum absolute atomic E-state index is 0.0131. The Labute approximate surface area is 204 Å². The summed E-state index contributed by atoms with van der Waals surface area (Å²) in [7, 11) is 0. The number of carbonyl (C=O) groups is 2. The summed E-state index contributed by atoms with van der Waals surface area (Å²) in [5.74, 6) is -0.194. The molecule has 0 spiro atoms. The van der Waals surface area contributed by atoms with Crippen molar-refractivity contribution >= 4 is 35.0 Å². The van der Waals surface area contributed by atoms with Gasteiger partial charge in [0.25, 0.3) is 0 Å². The minimum Gasteiger partial charge on any atom is -0.368 e. The van der Waals surface area contributed by atoms with Crippen molar-refractivity contribution in [2.75, 3.05) is 19.7 Å². The second-order valence-electron chi connectivity index (χ2n) is 9.34. The first-order chi connectivity index (χ1) is 15.8. The first kappa shape index (κ1) is 26.9. The highest BCUT2D eigenvalue weighted by atomic mass is 35.5. The lowest BCUT2D eigenvalue weighted by atomic mass is 9.85. The highest BCUT2D eigenvalue weighted by Gasteiger charge is 2.30. The fourth-order valence-electron chi connectivity index (χ4n) is 4.85. The lowest BCUT2D eigenvalue weighted by molar-refractivity contribution is -0.167. The van der Waals surface area contributed by atoms with Gasteiger partial charge < -0.3 is 25.4 Å². The van der Waals surface area contributed by atoms with Crippen molar-refractivity contribution < 1.29 is 27.8 Å². The third-order valence-corrected chi connectivity index (χ3v) is 7.98. The molecule has 3 fully saturated rings. The summed E-state index contributed by atoms with van der Waals surface area (Å²) >= 11 is 12.3. The zero-order chi connectivity index (χ0) is 23.8. The molecule has 2 saturated carbocycles. The number of hydrogen-bond acceptors (Lipinski definition) is 5. The first-order valence-corrected chi connectivity index (χ1v) is 12.8. The number of nitrogens with one attached hydrogen (secondary N) is 3. The van der Waals surface area contributed by atoms with E-state index in [2.05, 4.69) is 20.7 Å². The molecule has 1 aliphatic heterocycles. The second kappa shape index (κ2) is 13.4. The van der Waals surface area contributed by atoms with E-state index >= 15 is 0 Å². The number of ether oxygens (including phenoxy) is 2. The van der Waals surface area contributed by atoms with Gasteiger partial charge in [-0.3, -0.25) is 9.59 Å². The summed E-state index contributed by atoms with van der Waals surface area (Å²) in [5.41, 5.74) is 0. The molecule has 1 saturated heterocycles. The zero-order valence-corrected chi connectivity index (χ0v) is 20.3. The number of carbonyl (C=O) groups excluding carboxylic acids is 2. The van der Waals surface area contributed by atoms with Crippen molar-refractivity contribution in [1.29, 1.82) is 0 Å². The number of piperidine rings is 1. The highest BCUT2D eigenvalue weighted by molar-refractivity contribution is 6.30. The van der Waals surface area contributed by atoms with Gasteiger partial charge >= 0.3 is 6.61 Å². The number of alkyl halides is 4. The summed E-state index contributed by atoms with van der Waals surface area (Å²) < 4.78 is 34.8. The predicted molar refractivity (Wildman–Crippen MR) is 122 cm³/mol. The molecule has 3 N–H and O–H groups in total. The smallest absolute Gasteiger partial charge is 0.345 e. The van der Waals surface area contributed by atoms with Crippen molar-refractivity contribution in [3.63, 3.8) is 0 Å². The van der Waals surface area contributed by atoms with E-state index in [9.17, 15) is 18.4 Å².